The molecule has 1 aromatic carbocycles. The molecule has 1 N–H and O–H groups in total. The van der Waals surface area contributed by atoms with Gasteiger partial charge in [-0.1, -0.05) is 11.6 Å². The third-order valence-corrected chi connectivity index (χ3v) is 2.61. The molecule has 1 heterocycles. The van der Waals surface area contributed by atoms with E-state index in [0.717, 1.165) is 0 Å². The monoisotopic (exact) mass is 239 g/mol. The van der Waals surface area contributed by atoms with Crippen molar-refractivity contribution in [3.8, 4) is 11.5 Å². The maximum absolute atomic E-state index is 11.8. The standard InChI is InChI=1S/C11H10ClNO3/c1-15-6-3-8-10(9(4-6)16-2)11(14)7(12)5-13-8/h3-5H,1-2H3,(H,13,14). The average molecular weight is 240 g/mol. The van der Waals surface area contributed by atoms with E-state index in [2.05, 4.69) is 4.98 Å². The third kappa shape index (κ3) is 1.61. The predicted molar refractivity (Wildman–Crippen MR) is 62.7 cm³/mol. The van der Waals surface area contributed by atoms with Crippen LogP contribution in [-0.4, -0.2) is 19.2 Å². The van der Waals surface area contributed by atoms with Crippen molar-refractivity contribution >= 4 is 22.5 Å². The highest BCUT2D eigenvalue weighted by atomic mass is 35.5. The minimum Gasteiger partial charge on any atom is -0.497 e. The summed E-state index contributed by atoms with van der Waals surface area (Å²) in [6.07, 6.45) is 1.45. The van der Waals surface area contributed by atoms with E-state index in [4.69, 9.17) is 21.1 Å². The van der Waals surface area contributed by atoms with E-state index in [1.54, 1.807) is 19.2 Å². The van der Waals surface area contributed by atoms with Crippen LogP contribution in [0, 0.1) is 0 Å². The van der Waals surface area contributed by atoms with Gasteiger partial charge in [-0.15, -0.1) is 0 Å². The topological polar surface area (TPSA) is 51.3 Å². The molecule has 0 spiro atoms. The molecule has 0 aliphatic rings. The first-order chi connectivity index (χ1) is 7.67. The molecule has 0 aliphatic carbocycles. The van der Waals surface area contributed by atoms with Gasteiger partial charge in [0.15, 0.2) is 0 Å². The maximum atomic E-state index is 11.8. The molecule has 4 nitrogen and oxygen atoms in total. The zero-order chi connectivity index (χ0) is 11.7. The number of hydrogen-bond donors (Lipinski definition) is 1. The van der Waals surface area contributed by atoms with E-state index in [1.807, 2.05) is 0 Å². The Hall–Kier alpha value is -1.68. The summed E-state index contributed by atoms with van der Waals surface area (Å²) in [6.45, 7) is 0. The quantitative estimate of drug-likeness (QED) is 0.874. The molecule has 0 unspecified atom stereocenters. The van der Waals surface area contributed by atoms with Gasteiger partial charge < -0.3 is 14.5 Å². The normalized spacial score (nSPS) is 10.4. The smallest absolute Gasteiger partial charge is 0.211 e. The molecule has 0 atom stereocenters. The van der Waals surface area contributed by atoms with E-state index in [-0.39, 0.29) is 10.5 Å². The Labute approximate surface area is 96.8 Å². The van der Waals surface area contributed by atoms with Crippen LogP contribution in [0.3, 0.4) is 0 Å². The van der Waals surface area contributed by atoms with Gasteiger partial charge in [-0.25, -0.2) is 0 Å². The number of aromatic nitrogens is 1. The van der Waals surface area contributed by atoms with Gasteiger partial charge in [-0.2, -0.15) is 0 Å². The van der Waals surface area contributed by atoms with Gasteiger partial charge in [0.1, 0.15) is 16.5 Å². The van der Waals surface area contributed by atoms with Crippen molar-refractivity contribution < 1.29 is 9.47 Å². The number of pyridine rings is 1. The lowest BCUT2D eigenvalue weighted by molar-refractivity contribution is 0.397. The fourth-order valence-electron chi connectivity index (χ4n) is 1.54. The average Bonchev–Trinajstić information content (AvgIpc) is 2.32. The van der Waals surface area contributed by atoms with Crippen LogP contribution in [0.5, 0.6) is 11.5 Å². The summed E-state index contributed by atoms with van der Waals surface area (Å²) in [5, 5.41) is 0.562. The van der Waals surface area contributed by atoms with Gasteiger partial charge in [-0.05, 0) is 0 Å². The van der Waals surface area contributed by atoms with Gasteiger partial charge in [0.25, 0.3) is 0 Å². The second kappa shape index (κ2) is 4.06. The SMILES string of the molecule is COc1cc(OC)c2c(=O)c(Cl)c[nH]c2c1. The summed E-state index contributed by atoms with van der Waals surface area (Å²) in [5.74, 6) is 1.06. The Kier molecular flexibility index (Phi) is 2.75. The van der Waals surface area contributed by atoms with Gasteiger partial charge in [-0.3, -0.25) is 4.79 Å². The number of rotatable bonds is 2. The molecule has 84 valence electrons. The number of H-pyrrole nitrogens is 1. The minimum atomic E-state index is -0.255. The molecule has 2 aromatic rings. The van der Waals surface area contributed by atoms with Gasteiger partial charge in [0, 0.05) is 18.3 Å². The van der Waals surface area contributed by atoms with Crippen LogP contribution in [-0.2, 0) is 0 Å². The van der Waals surface area contributed by atoms with Crippen molar-refractivity contribution in [1.82, 2.24) is 4.98 Å². The highest BCUT2D eigenvalue weighted by Crippen LogP contribution is 2.28. The largest absolute Gasteiger partial charge is 0.497 e. The first kappa shape index (κ1) is 10.8. The van der Waals surface area contributed by atoms with E-state index in [0.29, 0.717) is 22.4 Å². The predicted octanol–water partition coefficient (Wildman–Crippen LogP) is 2.20. The number of methoxy groups -OCH3 is 2. The van der Waals surface area contributed by atoms with Gasteiger partial charge in [0.05, 0.1) is 25.1 Å². The van der Waals surface area contributed by atoms with Crippen molar-refractivity contribution in [1.29, 1.82) is 0 Å². The van der Waals surface area contributed by atoms with Gasteiger partial charge in [0.2, 0.25) is 5.43 Å². The molecule has 16 heavy (non-hydrogen) atoms. The molecule has 1 aromatic heterocycles. The molecule has 2 rings (SSSR count). The van der Waals surface area contributed by atoms with Crippen LogP contribution in [0.1, 0.15) is 0 Å². The summed E-state index contributed by atoms with van der Waals surface area (Å²) in [5.41, 5.74) is 0.375. The Morgan fingerprint density at radius 3 is 2.62 bits per heavy atom. The fourth-order valence-corrected chi connectivity index (χ4v) is 1.69. The fraction of sp³-hybridized carbons (Fsp3) is 0.182. The second-order valence-electron chi connectivity index (χ2n) is 3.22. The van der Waals surface area contributed by atoms with E-state index < -0.39 is 0 Å². The van der Waals surface area contributed by atoms with Crippen molar-refractivity contribution in [2.24, 2.45) is 0 Å². The minimum absolute atomic E-state index is 0.135. The molecule has 0 amide bonds. The van der Waals surface area contributed by atoms with E-state index >= 15 is 0 Å². The first-order valence-electron chi connectivity index (χ1n) is 4.60. The van der Waals surface area contributed by atoms with Crippen LogP contribution in [0.15, 0.2) is 23.1 Å². The van der Waals surface area contributed by atoms with Crippen LogP contribution in [0.4, 0.5) is 0 Å². The summed E-state index contributed by atoms with van der Waals surface area (Å²) in [7, 11) is 3.04. The summed E-state index contributed by atoms with van der Waals surface area (Å²) in [6, 6.07) is 3.36. The zero-order valence-electron chi connectivity index (χ0n) is 8.83. The Bertz CT molecular complexity index is 592. The van der Waals surface area contributed by atoms with Crippen molar-refractivity contribution in [3.63, 3.8) is 0 Å². The Morgan fingerprint density at radius 2 is 2.00 bits per heavy atom. The number of benzene rings is 1. The van der Waals surface area contributed by atoms with Crippen molar-refractivity contribution in [2.75, 3.05) is 14.2 Å². The lowest BCUT2D eigenvalue weighted by Crippen LogP contribution is -2.05. The van der Waals surface area contributed by atoms with Crippen LogP contribution >= 0.6 is 11.6 Å². The molecular formula is C11H10ClNO3. The molecule has 0 radical (unpaired) electrons. The van der Waals surface area contributed by atoms with Crippen LogP contribution in [0.2, 0.25) is 5.02 Å². The van der Waals surface area contributed by atoms with Crippen molar-refractivity contribution in [3.05, 3.63) is 33.6 Å². The lowest BCUT2D eigenvalue weighted by atomic mass is 10.2. The molecule has 0 saturated heterocycles. The number of fused-ring (bicyclic) bond motifs is 1. The maximum Gasteiger partial charge on any atom is 0.211 e. The lowest BCUT2D eigenvalue weighted by Gasteiger charge is -2.08. The zero-order valence-corrected chi connectivity index (χ0v) is 9.59. The molecule has 0 saturated carbocycles. The summed E-state index contributed by atoms with van der Waals surface area (Å²) in [4.78, 5) is 14.8. The van der Waals surface area contributed by atoms with Crippen molar-refractivity contribution in [2.45, 2.75) is 0 Å². The number of nitrogens with one attached hydrogen (secondary N) is 1. The molecular weight excluding hydrogens is 230 g/mol. The highest BCUT2D eigenvalue weighted by molar-refractivity contribution is 6.31. The van der Waals surface area contributed by atoms with Crippen LogP contribution in [0.25, 0.3) is 10.9 Å². The molecule has 0 bridgehead atoms. The number of ether oxygens (including phenoxy) is 2. The number of aromatic amines is 1. The Balaban J connectivity index is 2.90. The second-order valence-corrected chi connectivity index (χ2v) is 3.63. The highest BCUT2D eigenvalue weighted by Gasteiger charge is 2.10. The molecule has 0 fully saturated rings. The van der Waals surface area contributed by atoms with E-state index in [1.165, 1.54) is 13.3 Å². The number of hydrogen-bond acceptors (Lipinski definition) is 3. The summed E-state index contributed by atoms with van der Waals surface area (Å²) < 4.78 is 10.2. The molecule has 5 heteroatoms. The number of halogens is 1. The van der Waals surface area contributed by atoms with Crippen LogP contribution < -0.4 is 14.9 Å². The molecule has 0 aliphatic heterocycles. The Morgan fingerprint density at radius 1 is 1.25 bits per heavy atom. The first-order valence-corrected chi connectivity index (χ1v) is 4.98. The van der Waals surface area contributed by atoms with Gasteiger partial charge >= 0.3 is 0 Å². The van der Waals surface area contributed by atoms with E-state index in [9.17, 15) is 4.79 Å². The third-order valence-electron chi connectivity index (χ3n) is 2.33. The summed E-state index contributed by atoms with van der Waals surface area (Å²) >= 11 is 5.76.